The maximum Gasteiger partial charge on any atom is 0.247 e. The van der Waals surface area contributed by atoms with E-state index in [2.05, 4.69) is 5.10 Å². The lowest BCUT2D eigenvalue weighted by Gasteiger charge is -2.24. The maximum atomic E-state index is 12.3. The Hall–Kier alpha value is -2.54. The summed E-state index contributed by atoms with van der Waals surface area (Å²) in [7, 11) is -0.451. The van der Waals surface area contributed by atoms with Crippen LogP contribution < -0.4 is 9.47 Å². The molecule has 0 unspecified atom stereocenters. The average Bonchev–Trinajstić information content (AvgIpc) is 3.07. The molecule has 0 aliphatic carbocycles. The SMILES string of the molecule is COc1cccc(OC)c1[C@H]1CC(c2ccccc2)=NN1S(C)(=O)=O. The summed E-state index contributed by atoms with van der Waals surface area (Å²) in [5, 5.41) is 4.39. The largest absolute Gasteiger partial charge is 0.496 e. The summed E-state index contributed by atoms with van der Waals surface area (Å²) < 4.78 is 36.7. The molecule has 132 valence electrons. The third-order valence-corrected chi connectivity index (χ3v) is 5.13. The van der Waals surface area contributed by atoms with E-state index in [0.717, 1.165) is 16.2 Å². The Morgan fingerprint density at radius 3 is 2.12 bits per heavy atom. The van der Waals surface area contributed by atoms with Gasteiger partial charge in [0.2, 0.25) is 10.0 Å². The van der Waals surface area contributed by atoms with E-state index < -0.39 is 16.1 Å². The predicted octanol–water partition coefficient (Wildman–Crippen LogP) is 2.81. The van der Waals surface area contributed by atoms with Crippen molar-refractivity contribution in [3.8, 4) is 11.5 Å². The molecule has 0 amide bonds. The van der Waals surface area contributed by atoms with E-state index in [4.69, 9.17) is 9.47 Å². The molecule has 0 bridgehead atoms. The Balaban J connectivity index is 2.11. The number of methoxy groups -OCH3 is 2. The maximum absolute atomic E-state index is 12.3. The van der Waals surface area contributed by atoms with Crippen molar-refractivity contribution in [2.45, 2.75) is 12.5 Å². The standard InChI is InChI=1S/C18H20N2O4S/c1-23-16-10-7-11-17(24-2)18(16)15-12-14(13-8-5-4-6-9-13)19-20(15)25(3,21)22/h4-11,15H,12H2,1-3H3/t15-/m1/s1. The molecule has 0 radical (unpaired) electrons. The number of ether oxygens (including phenoxy) is 2. The van der Waals surface area contributed by atoms with Crippen LogP contribution >= 0.6 is 0 Å². The van der Waals surface area contributed by atoms with Crippen molar-refractivity contribution in [1.82, 2.24) is 4.41 Å². The Labute approximate surface area is 147 Å². The molecule has 0 fully saturated rings. The number of nitrogens with zero attached hydrogens (tertiary/aromatic N) is 2. The fourth-order valence-corrected chi connectivity index (χ4v) is 3.91. The summed E-state index contributed by atoms with van der Waals surface area (Å²) in [4.78, 5) is 0. The van der Waals surface area contributed by atoms with Crippen molar-refractivity contribution >= 4 is 15.7 Å². The number of sulfonamides is 1. The topological polar surface area (TPSA) is 68.2 Å². The molecule has 0 N–H and O–H groups in total. The first-order valence-corrected chi connectivity index (χ1v) is 9.63. The van der Waals surface area contributed by atoms with Gasteiger partial charge in [0.05, 0.1) is 31.8 Å². The predicted molar refractivity (Wildman–Crippen MR) is 96.6 cm³/mol. The van der Waals surface area contributed by atoms with E-state index in [1.165, 1.54) is 0 Å². The summed E-state index contributed by atoms with van der Waals surface area (Å²) in [6.45, 7) is 0. The number of hydrazone groups is 1. The summed E-state index contributed by atoms with van der Waals surface area (Å²) in [5.41, 5.74) is 2.28. The van der Waals surface area contributed by atoms with E-state index >= 15 is 0 Å². The highest BCUT2D eigenvalue weighted by atomic mass is 32.2. The third-order valence-electron chi connectivity index (χ3n) is 4.12. The molecule has 0 aromatic heterocycles. The molecular weight excluding hydrogens is 340 g/mol. The molecule has 25 heavy (non-hydrogen) atoms. The summed E-state index contributed by atoms with van der Waals surface area (Å²) in [6, 6.07) is 14.4. The lowest BCUT2D eigenvalue weighted by atomic mass is 9.97. The van der Waals surface area contributed by atoms with Crippen LogP contribution in [0.5, 0.6) is 11.5 Å². The van der Waals surface area contributed by atoms with Gasteiger partial charge in [-0.15, -0.1) is 0 Å². The van der Waals surface area contributed by atoms with Crippen molar-refractivity contribution in [3.63, 3.8) is 0 Å². The van der Waals surface area contributed by atoms with E-state index in [-0.39, 0.29) is 0 Å². The van der Waals surface area contributed by atoms with Gasteiger partial charge in [0, 0.05) is 6.42 Å². The second-order valence-electron chi connectivity index (χ2n) is 5.74. The molecule has 0 spiro atoms. The van der Waals surface area contributed by atoms with Crippen LogP contribution in [0.3, 0.4) is 0 Å². The van der Waals surface area contributed by atoms with Crippen molar-refractivity contribution in [3.05, 3.63) is 59.7 Å². The van der Waals surface area contributed by atoms with E-state index in [1.807, 2.05) is 30.3 Å². The number of hydrogen-bond donors (Lipinski definition) is 0. The molecule has 1 aliphatic rings. The Morgan fingerprint density at radius 2 is 1.60 bits per heavy atom. The lowest BCUT2D eigenvalue weighted by molar-refractivity contribution is 0.332. The summed E-state index contributed by atoms with van der Waals surface area (Å²) in [6.07, 6.45) is 1.59. The molecule has 0 saturated carbocycles. The van der Waals surface area contributed by atoms with Crippen molar-refractivity contribution in [2.24, 2.45) is 5.10 Å². The van der Waals surface area contributed by atoms with Crippen LogP contribution in [0.1, 0.15) is 23.6 Å². The lowest BCUT2D eigenvalue weighted by Crippen LogP contribution is -2.26. The molecule has 1 atom stereocenters. The average molecular weight is 360 g/mol. The number of benzene rings is 2. The normalized spacial score (nSPS) is 17.3. The van der Waals surface area contributed by atoms with Crippen LogP contribution in [0.25, 0.3) is 0 Å². The monoisotopic (exact) mass is 360 g/mol. The highest BCUT2D eigenvalue weighted by Crippen LogP contribution is 2.43. The van der Waals surface area contributed by atoms with Gasteiger partial charge in [-0.3, -0.25) is 0 Å². The molecule has 2 aromatic carbocycles. The fourth-order valence-electron chi connectivity index (χ4n) is 3.02. The van der Waals surface area contributed by atoms with Gasteiger partial charge in [-0.25, -0.2) is 8.42 Å². The quantitative estimate of drug-likeness (QED) is 0.822. The van der Waals surface area contributed by atoms with Crippen LogP contribution in [0.2, 0.25) is 0 Å². The minimum absolute atomic E-state index is 0.438. The molecule has 1 heterocycles. The first kappa shape index (κ1) is 17.3. The smallest absolute Gasteiger partial charge is 0.247 e. The third kappa shape index (κ3) is 3.32. The number of hydrogen-bond acceptors (Lipinski definition) is 5. The zero-order valence-corrected chi connectivity index (χ0v) is 15.2. The molecule has 2 aromatic rings. The van der Waals surface area contributed by atoms with E-state index in [9.17, 15) is 8.42 Å². The van der Waals surface area contributed by atoms with E-state index in [0.29, 0.717) is 29.2 Å². The van der Waals surface area contributed by atoms with Crippen LogP contribution in [0.4, 0.5) is 0 Å². The Kier molecular flexibility index (Phi) is 4.67. The van der Waals surface area contributed by atoms with Crippen molar-refractivity contribution < 1.29 is 17.9 Å². The molecule has 3 rings (SSSR count). The molecule has 6 nitrogen and oxygen atoms in total. The molecule has 0 saturated heterocycles. The van der Waals surface area contributed by atoms with Crippen molar-refractivity contribution in [1.29, 1.82) is 0 Å². The van der Waals surface area contributed by atoms with Crippen LogP contribution in [-0.2, 0) is 10.0 Å². The zero-order valence-electron chi connectivity index (χ0n) is 14.3. The second-order valence-corrected chi connectivity index (χ2v) is 7.58. The minimum Gasteiger partial charge on any atom is -0.496 e. The van der Waals surface area contributed by atoms with Gasteiger partial charge in [-0.1, -0.05) is 36.4 Å². The highest BCUT2D eigenvalue weighted by molar-refractivity contribution is 7.88. The van der Waals surface area contributed by atoms with Gasteiger partial charge in [-0.2, -0.15) is 9.52 Å². The molecule has 7 heteroatoms. The van der Waals surface area contributed by atoms with Gasteiger partial charge < -0.3 is 9.47 Å². The first-order chi connectivity index (χ1) is 12.0. The van der Waals surface area contributed by atoms with Crippen molar-refractivity contribution in [2.75, 3.05) is 20.5 Å². The van der Waals surface area contributed by atoms with Gasteiger partial charge in [-0.05, 0) is 17.7 Å². The first-order valence-electron chi connectivity index (χ1n) is 7.79. The highest BCUT2D eigenvalue weighted by Gasteiger charge is 2.37. The molecule has 1 aliphatic heterocycles. The number of rotatable bonds is 5. The fraction of sp³-hybridized carbons (Fsp3) is 0.278. The minimum atomic E-state index is -3.56. The van der Waals surface area contributed by atoms with Crippen LogP contribution in [-0.4, -0.2) is 39.0 Å². The van der Waals surface area contributed by atoms with Gasteiger partial charge in [0.25, 0.3) is 0 Å². The van der Waals surface area contributed by atoms with Crippen LogP contribution in [0.15, 0.2) is 53.6 Å². The van der Waals surface area contributed by atoms with E-state index in [1.54, 1.807) is 32.4 Å². The van der Waals surface area contributed by atoms with Gasteiger partial charge in [0.1, 0.15) is 17.5 Å². The summed E-state index contributed by atoms with van der Waals surface area (Å²) >= 11 is 0. The van der Waals surface area contributed by atoms with Gasteiger partial charge >= 0.3 is 0 Å². The van der Waals surface area contributed by atoms with Gasteiger partial charge in [0.15, 0.2) is 0 Å². The zero-order chi connectivity index (χ0) is 18.0. The summed E-state index contributed by atoms with van der Waals surface area (Å²) in [5.74, 6) is 1.14. The Bertz CT molecular complexity index is 872. The Morgan fingerprint density at radius 1 is 1.00 bits per heavy atom. The second kappa shape index (κ2) is 6.76. The van der Waals surface area contributed by atoms with Crippen LogP contribution in [0, 0.1) is 0 Å². The molecular formula is C18H20N2O4S.